The van der Waals surface area contributed by atoms with E-state index >= 15 is 0 Å². The second-order valence-electron chi connectivity index (χ2n) is 7.96. The molecular formula is C24H28N2O3. The molecule has 1 fully saturated rings. The predicted molar refractivity (Wildman–Crippen MR) is 113 cm³/mol. The second kappa shape index (κ2) is 8.68. The number of aryl methyl sites for hydroxylation is 2. The number of nitrogens with zero attached hydrogens (tertiary/aromatic N) is 1. The summed E-state index contributed by atoms with van der Waals surface area (Å²) < 4.78 is 5.68. The van der Waals surface area contributed by atoms with E-state index in [-0.39, 0.29) is 24.5 Å². The smallest absolute Gasteiger partial charge is 0.258 e. The molecule has 0 saturated carbocycles. The first-order valence-corrected chi connectivity index (χ1v) is 10.5. The fourth-order valence-corrected chi connectivity index (χ4v) is 4.20. The topological polar surface area (TPSA) is 58.6 Å². The zero-order valence-electron chi connectivity index (χ0n) is 16.9. The summed E-state index contributed by atoms with van der Waals surface area (Å²) in [5.41, 5.74) is 4.82. The Kier molecular flexibility index (Phi) is 5.84. The van der Waals surface area contributed by atoms with Gasteiger partial charge >= 0.3 is 0 Å². The molecule has 0 unspecified atom stereocenters. The summed E-state index contributed by atoms with van der Waals surface area (Å²) in [5, 5.41) is 3.02. The molecule has 5 heteroatoms. The van der Waals surface area contributed by atoms with Gasteiger partial charge in [-0.3, -0.25) is 9.59 Å². The van der Waals surface area contributed by atoms with Crippen LogP contribution in [0, 0.1) is 0 Å². The molecule has 1 saturated heterocycles. The molecule has 0 bridgehead atoms. The molecular weight excluding hydrogens is 364 g/mol. The number of carbonyl (C=O) groups excluding carboxylic acids is 2. The summed E-state index contributed by atoms with van der Waals surface area (Å²) in [6.45, 7) is 2.69. The summed E-state index contributed by atoms with van der Waals surface area (Å²) in [5.74, 6) is 0.579. The molecule has 1 aliphatic heterocycles. The van der Waals surface area contributed by atoms with Gasteiger partial charge in [-0.2, -0.15) is 0 Å². The van der Waals surface area contributed by atoms with Gasteiger partial charge in [0.05, 0.1) is 6.04 Å². The maximum absolute atomic E-state index is 12.4. The van der Waals surface area contributed by atoms with Crippen LogP contribution in [0.15, 0.2) is 42.5 Å². The lowest BCUT2D eigenvalue weighted by atomic mass is 9.89. The molecule has 2 aromatic carbocycles. The molecule has 1 aliphatic carbocycles. The number of benzene rings is 2. The molecule has 0 radical (unpaired) electrons. The van der Waals surface area contributed by atoms with Crippen molar-refractivity contribution in [3.63, 3.8) is 0 Å². The molecule has 2 aliphatic rings. The number of hydrogen-bond acceptors (Lipinski definition) is 3. The van der Waals surface area contributed by atoms with Crippen LogP contribution in [0.2, 0.25) is 0 Å². The van der Waals surface area contributed by atoms with Crippen LogP contribution in [0.3, 0.4) is 0 Å². The van der Waals surface area contributed by atoms with Crippen LogP contribution >= 0.6 is 0 Å². The minimum absolute atomic E-state index is 0.0489. The Morgan fingerprint density at radius 1 is 1.07 bits per heavy atom. The van der Waals surface area contributed by atoms with Crippen LogP contribution in [0.5, 0.6) is 5.75 Å². The molecule has 0 spiro atoms. The van der Waals surface area contributed by atoms with Gasteiger partial charge < -0.3 is 15.0 Å². The Morgan fingerprint density at radius 2 is 1.90 bits per heavy atom. The molecule has 4 rings (SSSR count). The highest BCUT2D eigenvalue weighted by Gasteiger charge is 2.22. The Labute approximate surface area is 172 Å². The maximum Gasteiger partial charge on any atom is 0.258 e. The zero-order valence-corrected chi connectivity index (χ0v) is 16.9. The third kappa shape index (κ3) is 4.61. The van der Waals surface area contributed by atoms with Crippen LogP contribution in [-0.4, -0.2) is 25.0 Å². The van der Waals surface area contributed by atoms with Crippen molar-refractivity contribution in [2.75, 3.05) is 18.1 Å². The van der Waals surface area contributed by atoms with E-state index in [2.05, 4.69) is 23.5 Å². The molecule has 29 heavy (non-hydrogen) atoms. The first-order valence-electron chi connectivity index (χ1n) is 10.5. The van der Waals surface area contributed by atoms with E-state index in [0.29, 0.717) is 12.2 Å². The maximum atomic E-state index is 12.4. The van der Waals surface area contributed by atoms with Gasteiger partial charge in [-0.25, -0.2) is 0 Å². The number of fused-ring (bicyclic) bond motifs is 1. The number of rotatable bonds is 6. The Balaban J connectivity index is 1.32. The van der Waals surface area contributed by atoms with Gasteiger partial charge in [-0.15, -0.1) is 0 Å². The molecule has 2 amide bonds. The lowest BCUT2D eigenvalue weighted by Crippen LogP contribution is -2.31. The van der Waals surface area contributed by atoms with Crippen LogP contribution in [0.25, 0.3) is 0 Å². The zero-order chi connectivity index (χ0) is 20.2. The quantitative estimate of drug-likeness (QED) is 0.810. The Bertz CT molecular complexity index is 909. The highest BCUT2D eigenvalue weighted by molar-refractivity contribution is 5.95. The average Bonchev–Trinajstić information content (AvgIpc) is 3.18. The Morgan fingerprint density at radius 3 is 2.69 bits per heavy atom. The van der Waals surface area contributed by atoms with Gasteiger partial charge in [0, 0.05) is 24.7 Å². The van der Waals surface area contributed by atoms with Crippen molar-refractivity contribution in [3.05, 3.63) is 59.2 Å². The molecule has 1 heterocycles. The Hall–Kier alpha value is -2.82. The van der Waals surface area contributed by atoms with E-state index < -0.39 is 0 Å². The van der Waals surface area contributed by atoms with Crippen molar-refractivity contribution in [1.29, 1.82) is 0 Å². The first-order chi connectivity index (χ1) is 14.1. The molecule has 152 valence electrons. The molecule has 0 aromatic heterocycles. The number of carbonyl (C=O) groups is 2. The van der Waals surface area contributed by atoms with E-state index in [1.807, 2.05) is 31.2 Å². The van der Waals surface area contributed by atoms with Crippen molar-refractivity contribution < 1.29 is 14.3 Å². The van der Waals surface area contributed by atoms with Crippen LogP contribution in [0.1, 0.15) is 55.3 Å². The van der Waals surface area contributed by atoms with Crippen molar-refractivity contribution >= 4 is 17.5 Å². The summed E-state index contributed by atoms with van der Waals surface area (Å²) >= 11 is 0. The number of nitrogens with one attached hydrogen (secondary N) is 1. The highest BCUT2D eigenvalue weighted by Crippen LogP contribution is 2.26. The third-order valence-corrected chi connectivity index (χ3v) is 5.82. The lowest BCUT2D eigenvalue weighted by Gasteiger charge is -2.20. The fraction of sp³-hybridized carbons (Fsp3) is 0.417. The van der Waals surface area contributed by atoms with E-state index in [4.69, 9.17) is 4.74 Å². The largest absolute Gasteiger partial charge is 0.484 e. The van der Waals surface area contributed by atoms with E-state index in [9.17, 15) is 9.59 Å². The number of hydrogen-bond donors (Lipinski definition) is 1. The van der Waals surface area contributed by atoms with Gasteiger partial charge in [0.1, 0.15) is 5.75 Å². The summed E-state index contributed by atoms with van der Waals surface area (Å²) in [4.78, 5) is 26.1. The minimum atomic E-state index is -0.155. The number of anilines is 1. The highest BCUT2D eigenvalue weighted by atomic mass is 16.5. The fourth-order valence-electron chi connectivity index (χ4n) is 4.20. The van der Waals surface area contributed by atoms with Crippen molar-refractivity contribution in [2.45, 2.75) is 51.5 Å². The van der Waals surface area contributed by atoms with Crippen LogP contribution < -0.4 is 15.0 Å². The monoisotopic (exact) mass is 392 g/mol. The number of ether oxygens (including phenoxy) is 1. The van der Waals surface area contributed by atoms with Gasteiger partial charge in [-0.05, 0) is 67.9 Å². The first kappa shape index (κ1) is 19.5. The van der Waals surface area contributed by atoms with Crippen molar-refractivity contribution in [3.8, 4) is 5.75 Å². The standard InChI is InChI=1S/C24H28N2O3/c1-17(19-12-11-18-6-2-3-7-20(18)14-19)25-23(27)16-29-22-9-4-8-21(15-22)26-13-5-10-24(26)28/h4,8-9,11-12,14-15,17H,2-3,5-7,10,13,16H2,1H3,(H,25,27)/t17-/m0/s1. The summed E-state index contributed by atoms with van der Waals surface area (Å²) in [7, 11) is 0. The van der Waals surface area contributed by atoms with Crippen molar-refractivity contribution in [2.24, 2.45) is 0 Å². The molecule has 5 nitrogen and oxygen atoms in total. The van der Waals surface area contributed by atoms with Gasteiger partial charge in [0.2, 0.25) is 5.91 Å². The molecule has 1 atom stereocenters. The minimum Gasteiger partial charge on any atom is -0.484 e. The van der Waals surface area contributed by atoms with Crippen LogP contribution in [-0.2, 0) is 22.4 Å². The van der Waals surface area contributed by atoms with Crippen molar-refractivity contribution in [1.82, 2.24) is 5.32 Å². The van der Waals surface area contributed by atoms with Gasteiger partial charge in [0.15, 0.2) is 6.61 Å². The third-order valence-electron chi connectivity index (χ3n) is 5.82. The summed E-state index contributed by atoms with van der Waals surface area (Å²) in [6, 6.07) is 13.9. The average molecular weight is 392 g/mol. The normalized spacial score (nSPS) is 17.0. The van der Waals surface area contributed by atoms with Gasteiger partial charge in [-0.1, -0.05) is 24.3 Å². The van der Waals surface area contributed by atoms with Crippen LogP contribution in [0.4, 0.5) is 5.69 Å². The predicted octanol–water partition coefficient (Wildman–Crippen LogP) is 3.95. The van der Waals surface area contributed by atoms with E-state index in [0.717, 1.165) is 37.1 Å². The molecule has 1 N–H and O–H groups in total. The van der Waals surface area contributed by atoms with E-state index in [1.54, 1.807) is 4.90 Å². The number of amides is 2. The second-order valence-corrected chi connectivity index (χ2v) is 7.96. The van der Waals surface area contributed by atoms with Gasteiger partial charge in [0.25, 0.3) is 5.91 Å². The lowest BCUT2D eigenvalue weighted by molar-refractivity contribution is -0.123. The summed E-state index contributed by atoms with van der Waals surface area (Å²) in [6.07, 6.45) is 6.27. The SMILES string of the molecule is C[C@H](NC(=O)COc1cccc(N2CCCC2=O)c1)c1ccc2c(c1)CCCC2. The molecule has 2 aromatic rings. The van der Waals surface area contributed by atoms with E-state index in [1.165, 1.54) is 24.0 Å².